The van der Waals surface area contributed by atoms with Crippen molar-refractivity contribution in [1.82, 2.24) is 0 Å². The molecule has 0 atom stereocenters. The van der Waals surface area contributed by atoms with Crippen molar-refractivity contribution in [3.05, 3.63) is 6.92 Å². The standard InChI is InChI=1S/C12H25O.Li/c1-7-12(8-2,9-3)13-10-11(4,5)6;/h4,7-10H2,1-3,5-6H3;/q-1;+1. The predicted molar refractivity (Wildman–Crippen MR) is 58.7 cm³/mol. The summed E-state index contributed by atoms with van der Waals surface area (Å²) in [5.41, 5.74) is 0.125. The third-order valence-electron chi connectivity index (χ3n) is 2.70. The quantitative estimate of drug-likeness (QED) is 0.447. The Hall–Kier alpha value is 0.557. The summed E-state index contributed by atoms with van der Waals surface area (Å²) in [6.07, 6.45) is 3.28. The zero-order valence-corrected chi connectivity index (χ0v) is 10.9. The molecule has 0 N–H and O–H groups in total. The molecule has 0 aromatic carbocycles. The molecule has 0 aromatic rings. The summed E-state index contributed by atoms with van der Waals surface area (Å²) in [5, 5.41) is 0. The third-order valence-corrected chi connectivity index (χ3v) is 2.70. The van der Waals surface area contributed by atoms with Gasteiger partial charge in [0.15, 0.2) is 0 Å². The minimum Gasteiger partial charge on any atom is -0.377 e. The molecule has 0 saturated heterocycles. The van der Waals surface area contributed by atoms with Crippen LogP contribution in [0, 0.1) is 12.3 Å². The normalized spacial score (nSPS) is 12.4. The van der Waals surface area contributed by atoms with Gasteiger partial charge < -0.3 is 11.7 Å². The summed E-state index contributed by atoms with van der Waals surface area (Å²) >= 11 is 0. The van der Waals surface area contributed by atoms with Gasteiger partial charge in [0.05, 0.1) is 5.60 Å². The molecule has 0 unspecified atom stereocenters. The monoisotopic (exact) mass is 192 g/mol. The molecular weight excluding hydrogens is 167 g/mol. The zero-order chi connectivity index (χ0) is 10.5. The first-order valence-corrected chi connectivity index (χ1v) is 5.38. The second-order valence-electron chi connectivity index (χ2n) is 4.70. The van der Waals surface area contributed by atoms with Crippen molar-refractivity contribution in [1.29, 1.82) is 0 Å². The number of hydrogen-bond donors (Lipinski definition) is 0. The van der Waals surface area contributed by atoms with Crippen LogP contribution in [0.4, 0.5) is 0 Å². The Morgan fingerprint density at radius 3 is 1.57 bits per heavy atom. The van der Waals surface area contributed by atoms with E-state index in [0.29, 0.717) is 0 Å². The molecule has 0 radical (unpaired) electrons. The Bertz CT molecular complexity index is 125. The topological polar surface area (TPSA) is 9.23 Å². The summed E-state index contributed by atoms with van der Waals surface area (Å²) in [6, 6.07) is 0. The summed E-state index contributed by atoms with van der Waals surface area (Å²) in [4.78, 5) is 0. The molecule has 80 valence electrons. The van der Waals surface area contributed by atoms with Gasteiger partial charge in [-0.25, -0.2) is 0 Å². The first-order chi connectivity index (χ1) is 5.89. The van der Waals surface area contributed by atoms with E-state index < -0.39 is 0 Å². The van der Waals surface area contributed by atoms with Crippen molar-refractivity contribution in [3.63, 3.8) is 0 Å². The molecule has 0 bridgehead atoms. The molecule has 0 fully saturated rings. The van der Waals surface area contributed by atoms with Gasteiger partial charge in [-0.2, -0.15) is 0 Å². The first-order valence-electron chi connectivity index (χ1n) is 5.38. The molecule has 1 nitrogen and oxygen atoms in total. The number of rotatable bonds is 6. The van der Waals surface area contributed by atoms with Crippen LogP contribution in [0.5, 0.6) is 0 Å². The average molecular weight is 192 g/mol. The Balaban J connectivity index is 0. The van der Waals surface area contributed by atoms with E-state index in [9.17, 15) is 0 Å². The van der Waals surface area contributed by atoms with Crippen molar-refractivity contribution in [3.8, 4) is 0 Å². The summed E-state index contributed by atoms with van der Waals surface area (Å²) in [6.45, 7) is 15.6. The Labute approximate surface area is 102 Å². The van der Waals surface area contributed by atoms with Gasteiger partial charge in [0.25, 0.3) is 0 Å². The molecule has 0 aromatic heterocycles. The molecule has 0 spiro atoms. The van der Waals surface area contributed by atoms with Crippen molar-refractivity contribution in [2.75, 3.05) is 6.61 Å². The predicted octanol–water partition coefficient (Wildman–Crippen LogP) is 0.836. The van der Waals surface area contributed by atoms with Gasteiger partial charge in [0.1, 0.15) is 0 Å². The van der Waals surface area contributed by atoms with E-state index in [1.54, 1.807) is 0 Å². The Morgan fingerprint density at radius 2 is 1.36 bits per heavy atom. The fourth-order valence-corrected chi connectivity index (χ4v) is 1.40. The zero-order valence-electron chi connectivity index (χ0n) is 10.9. The Kier molecular flexibility index (Phi) is 8.41. The fraction of sp³-hybridized carbons (Fsp3) is 0.917. The second-order valence-corrected chi connectivity index (χ2v) is 4.70. The van der Waals surface area contributed by atoms with Crippen LogP contribution in [-0.2, 0) is 4.74 Å². The number of hydrogen-bond acceptors (Lipinski definition) is 1. The van der Waals surface area contributed by atoms with Gasteiger partial charge in [-0.3, -0.25) is 0 Å². The van der Waals surface area contributed by atoms with Crippen LogP contribution >= 0.6 is 0 Å². The van der Waals surface area contributed by atoms with Crippen LogP contribution in [0.25, 0.3) is 0 Å². The van der Waals surface area contributed by atoms with Gasteiger partial charge in [0, 0.05) is 6.61 Å². The van der Waals surface area contributed by atoms with E-state index >= 15 is 0 Å². The average Bonchev–Trinajstić information content (AvgIpc) is 2.06. The van der Waals surface area contributed by atoms with E-state index in [0.717, 1.165) is 25.9 Å². The summed E-state index contributed by atoms with van der Waals surface area (Å²) in [7, 11) is 0. The van der Waals surface area contributed by atoms with Crippen LogP contribution in [0.15, 0.2) is 0 Å². The third kappa shape index (κ3) is 6.12. The van der Waals surface area contributed by atoms with E-state index in [2.05, 4.69) is 41.5 Å². The number of ether oxygens (including phenoxy) is 1. The van der Waals surface area contributed by atoms with Gasteiger partial charge >= 0.3 is 18.9 Å². The SMILES string of the molecule is [CH2-]C(C)(C)COC(CC)(CC)CC.[Li+]. The van der Waals surface area contributed by atoms with Crippen LogP contribution < -0.4 is 18.9 Å². The van der Waals surface area contributed by atoms with E-state index in [1.807, 2.05) is 0 Å². The molecule has 0 aliphatic carbocycles. The maximum Gasteiger partial charge on any atom is 1.00 e. The van der Waals surface area contributed by atoms with Gasteiger partial charge in [-0.1, -0.05) is 34.6 Å². The van der Waals surface area contributed by atoms with Gasteiger partial charge in [-0.15, -0.1) is 5.41 Å². The largest absolute Gasteiger partial charge is 1.00 e. The van der Waals surface area contributed by atoms with Crippen LogP contribution in [-0.4, -0.2) is 12.2 Å². The molecule has 0 aliphatic rings. The van der Waals surface area contributed by atoms with E-state index in [4.69, 9.17) is 4.74 Å². The molecule has 0 heterocycles. The molecule has 0 rings (SSSR count). The molecule has 14 heavy (non-hydrogen) atoms. The molecule has 0 saturated carbocycles. The Morgan fingerprint density at radius 1 is 1.00 bits per heavy atom. The van der Waals surface area contributed by atoms with Crippen molar-refractivity contribution < 1.29 is 23.6 Å². The van der Waals surface area contributed by atoms with Crippen molar-refractivity contribution >= 4 is 0 Å². The van der Waals surface area contributed by atoms with E-state index in [1.165, 1.54) is 0 Å². The molecule has 2 heteroatoms. The van der Waals surface area contributed by atoms with Crippen molar-refractivity contribution in [2.24, 2.45) is 5.41 Å². The van der Waals surface area contributed by atoms with E-state index in [-0.39, 0.29) is 29.9 Å². The van der Waals surface area contributed by atoms with Crippen molar-refractivity contribution in [2.45, 2.75) is 59.5 Å². The minimum atomic E-state index is 0. The smallest absolute Gasteiger partial charge is 0.377 e. The maximum atomic E-state index is 5.98. The van der Waals surface area contributed by atoms with Crippen LogP contribution in [0.2, 0.25) is 0 Å². The summed E-state index contributed by atoms with van der Waals surface area (Å²) < 4.78 is 5.98. The minimum absolute atomic E-state index is 0. The maximum absolute atomic E-state index is 5.98. The van der Waals surface area contributed by atoms with Gasteiger partial charge in [-0.05, 0) is 19.3 Å². The second kappa shape index (κ2) is 6.94. The molecule has 0 aliphatic heterocycles. The first kappa shape index (κ1) is 17.0. The molecule has 0 amide bonds. The van der Waals surface area contributed by atoms with Crippen LogP contribution in [0.1, 0.15) is 53.9 Å². The van der Waals surface area contributed by atoms with Crippen LogP contribution in [0.3, 0.4) is 0 Å². The van der Waals surface area contributed by atoms with Gasteiger partial charge in [0.2, 0.25) is 0 Å². The molecular formula is C12H25LiO. The fourth-order valence-electron chi connectivity index (χ4n) is 1.40. The summed E-state index contributed by atoms with van der Waals surface area (Å²) in [5.74, 6) is 0.